The number of carbonyl (C=O) groups is 1. The largest absolute Gasteiger partial charge is 0.339 e. The molecule has 7 heteroatoms. The maximum atomic E-state index is 12.4. The summed E-state index contributed by atoms with van der Waals surface area (Å²) in [6.45, 7) is 0.499. The molecule has 126 valence electrons. The quantitative estimate of drug-likeness (QED) is 0.620. The summed E-state index contributed by atoms with van der Waals surface area (Å²) in [6.07, 6.45) is 0.340. The highest BCUT2D eigenvalue weighted by Gasteiger charge is 2.35. The highest BCUT2D eigenvalue weighted by molar-refractivity contribution is 9.10. The molecule has 1 atom stereocenters. The Kier molecular flexibility index (Phi) is 4.31. The molecule has 0 bridgehead atoms. The molecule has 1 unspecified atom stereocenters. The van der Waals surface area contributed by atoms with Crippen molar-refractivity contribution in [3.05, 3.63) is 63.9 Å². The Hall–Kier alpha value is -2.18. The van der Waals surface area contributed by atoms with Gasteiger partial charge in [0.1, 0.15) is 0 Å². The van der Waals surface area contributed by atoms with Crippen molar-refractivity contribution in [2.45, 2.75) is 12.3 Å². The van der Waals surface area contributed by atoms with Crippen molar-refractivity contribution in [3.8, 4) is 11.4 Å². The van der Waals surface area contributed by atoms with E-state index in [9.17, 15) is 4.79 Å². The van der Waals surface area contributed by atoms with Gasteiger partial charge in [-0.2, -0.15) is 4.98 Å². The monoisotopic (exact) mass is 417 g/mol. The van der Waals surface area contributed by atoms with Gasteiger partial charge in [-0.25, -0.2) is 0 Å². The van der Waals surface area contributed by atoms with Crippen LogP contribution in [0.4, 0.5) is 5.69 Å². The average molecular weight is 419 g/mol. The van der Waals surface area contributed by atoms with Gasteiger partial charge in [0.25, 0.3) is 0 Å². The molecule has 2 heterocycles. The van der Waals surface area contributed by atoms with Gasteiger partial charge in [0.05, 0.1) is 5.92 Å². The third-order valence-corrected chi connectivity index (χ3v) is 4.85. The van der Waals surface area contributed by atoms with Crippen LogP contribution in [0.3, 0.4) is 0 Å². The third-order valence-electron chi connectivity index (χ3n) is 4.12. The third kappa shape index (κ3) is 3.32. The van der Waals surface area contributed by atoms with Crippen LogP contribution in [0.2, 0.25) is 5.02 Å². The summed E-state index contributed by atoms with van der Waals surface area (Å²) in [4.78, 5) is 18.6. The van der Waals surface area contributed by atoms with E-state index in [1.165, 1.54) is 0 Å². The smallest absolute Gasteiger partial charge is 0.232 e. The van der Waals surface area contributed by atoms with E-state index in [-0.39, 0.29) is 11.8 Å². The summed E-state index contributed by atoms with van der Waals surface area (Å²) in [5.74, 6) is 0.896. The number of hydrogen-bond acceptors (Lipinski definition) is 4. The van der Waals surface area contributed by atoms with Crippen LogP contribution in [-0.2, 0) is 4.79 Å². The summed E-state index contributed by atoms with van der Waals surface area (Å²) in [5.41, 5.74) is 1.65. The van der Waals surface area contributed by atoms with Crippen molar-refractivity contribution in [1.29, 1.82) is 0 Å². The lowest BCUT2D eigenvalue weighted by Crippen LogP contribution is -2.24. The first-order valence-corrected chi connectivity index (χ1v) is 8.93. The van der Waals surface area contributed by atoms with Crippen molar-refractivity contribution >= 4 is 39.1 Å². The number of aromatic nitrogens is 2. The van der Waals surface area contributed by atoms with Crippen LogP contribution >= 0.6 is 27.5 Å². The van der Waals surface area contributed by atoms with Gasteiger partial charge in [0.2, 0.25) is 17.6 Å². The van der Waals surface area contributed by atoms with E-state index in [1.807, 2.05) is 36.4 Å². The number of hydrogen-bond donors (Lipinski definition) is 0. The second kappa shape index (κ2) is 6.61. The highest BCUT2D eigenvalue weighted by atomic mass is 79.9. The van der Waals surface area contributed by atoms with Crippen LogP contribution in [0.5, 0.6) is 0 Å². The van der Waals surface area contributed by atoms with Gasteiger partial charge in [0.15, 0.2) is 0 Å². The molecule has 3 aromatic rings. The predicted molar refractivity (Wildman–Crippen MR) is 98.6 cm³/mol. The number of anilines is 1. The number of carbonyl (C=O) groups excluding carboxylic acids is 1. The Bertz CT molecular complexity index is 943. The minimum atomic E-state index is -0.125. The maximum Gasteiger partial charge on any atom is 0.232 e. The molecule has 25 heavy (non-hydrogen) atoms. The molecule has 4 rings (SSSR count). The molecule has 0 radical (unpaired) electrons. The van der Waals surface area contributed by atoms with E-state index in [2.05, 4.69) is 26.1 Å². The lowest BCUT2D eigenvalue weighted by Gasteiger charge is -2.16. The molecule has 0 saturated carbocycles. The van der Waals surface area contributed by atoms with Crippen LogP contribution in [0.1, 0.15) is 18.2 Å². The van der Waals surface area contributed by atoms with Crippen molar-refractivity contribution in [2.24, 2.45) is 0 Å². The lowest BCUT2D eigenvalue weighted by atomic mass is 10.1. The zero-order valence-electron chi connectivity index (χ0n) is 13.0. The first-order valence-electron chi connectivity index (χ1n) is 7.75. The van der Waals surface area contributed by atoms with E-state index in [0.29, 0.717) is 29.7 Å². The van der Waals surface area contributed by atoms with E-state index in [0.717, 1.165) is 15.7 Å². The summed E-state index contributed by atoms with van der Waals surface area (Å²) in [7, 11) is 0. The molecule has 1 aliphatic rings. The van der Waals surface area contributed by atoms with Crippen molar-refractivity contribution < 1.29 is 9.32 Å². The standard InChI is InChI=1S/C18H13BrClN3O2/c19-13-4-1-3-11(7-13)17-21-18(25-22-17)12-8-16(24)23(10-12)15-6-2-5-14(20)9-15/h1-7,9,12H,8,10H2. The molecular formula is C18H13BrClN3O2. The second-order valence-electron chi connectivity index (χ2n) is 5.85. The van der Waals surface area contributed by atoms with Crippen molar-refractivity contribution in [1.82, 2.24) is 10.1 Å². The average Bonchev–Trinajstić information content (AvgIpc) is 3.21. The minimum absolute atomic E-state index is 0.0227. The number of amides is 1. The zero-order chi connectivity index (χ0) is 17.4. The molecule has 1 aromatic heterocycles. The summed E-state index contributed by atoms with van der Waals surface area (Å²) < 4.78 is 6.36. The Morgan fingerprint density at radius 3 is 2.84 bits per heavy atom. The van der Waals surface area contributed by atoms with Crippen LogP contribution in [0.15, 0.2) is 57.5 Å². The SMILES string of the molecule is O=C1CC(c2nc(-c3cccc(Br)c3)no2)CN1c1cccc(Cl)c1. The van der Waals surface area contributed by atoms with Crippen LogP contribution in [0.25, 0.3) is 11.4 Å². The number of rotatable bonds is 3. The Balaban J connectivity index is 1.57. The van der Waals surface area contributed by atoms with E-state index < -0.39 is 0 Å². The number of halogens is 2. The first kappa shape index (κ1) is 16.3. The van der Waals surface area contributed by atoms with Crippen LogP contribution in [0, 0.1) is 0 Å². The van der Waals surface area contributed by atoms with Gasteiger partial charge < -0.3 is 9.42 Å². The Labute approximate surface area is 157 Å². The summed E-state index contributed by atoms with van der Waals surface area (Å²) in [5, 5.41) is 4.65. The first-order chi connectivity index (χ1) is 12.1. The highest BCUT2D eigenvalue weighted by Crippen LogP contribution is 2.33. The molecule has 1 fully saturated rings. The van der Waals surface area contributed by atoms with E-state index >= 15 is 0 Å². The second-order valence-corrected chi connectivity index (χ2v) is 7.20. The summed E-state index contributed by atoms with van der Waals surface area (Å²) >= 11 is 9.46. The Morgan fingerprint density at radius 1 is 1.20 bits per heavy atom. The van der Waals surface area contributed by atoms with Crippen LogP contribution < -0.4 is 4.90 Å². The fourth-order valence-corrected chi connectivity index (χ4v) is 3.50. The normalized spacial score (nSPS) is 17.3. The zero-order valence-corrected chi connectivity index (χ0v) is 15.4. The number of nitrogens with zero attached hydrogens (tertiary/aromatic N) is 3. The maximum absolute atomic E-state index is 12.4. The molecular weight excluding hydrogens is 406 g/mol. The van der Waals surface area contributed by atoms with Crippen molar-refractivity contribution in [3.63, 3.8) is 0 Å². The molecule has 0 aliphatic carbocycles. The van der Waals surface area contributed by atoms with Gasteiger partial charge in [-0.15, -0.1) is 0 Å². The molecule has 1 amide bonds. The minimum Gasteiger partial charge on any atom is -0.339 e. The van der Waals surface area contributed by atoms with Gasteiger partial charge in [-0.1, -0.05) is 50.9 Å². The molecule has 2 aromatic carbocycles. The van der Waals surface area contributed by atoms with Crippen LogP contribution in [-0.4, -0.2) is 22.6 Å². The van der Waals surface area contributed by atoms with Gasteiger partial charge in [-0.3, -0.25) is 4.79 Å². The number of benzene rings is 2. The fraction of sp³-hybridized carbons (Fsp3) is 0.167. The molecule has 5 nitrogen and oxygen atoms in total. The summed E-state index contributed by atoms with van der Waals surface area (Å²) in [6, 6.07) is 14.9. The molecule has 0 spiro atoms. The fourth-order valence-electron chi connectivity index (χ4n) is 2.91. The Morgan fingerprint density at radius 2 is 2.04 bits per heavy atom. The molecule has 1 aliphatic heterocycles. The van der Waals surface area contributed by atoms with E-state index in [1.54, 1.807) is 17.0 Å². The van der Waals surface area contributed by atoms with Gasteiger partial charge in [0, 0.05) is 33.7 Å². The predicted octanol–water partition coefficient (Wildman–Crippen LogP) is 4.67. The lowest BCUT2D eigenvalue weighted by molar-refractivity contribution is -0.117. The van der Waals surface area contributed by atoms with Gasteiger partial charge in [-0.05, 0) is 30.3 Å². The molecule has 0 N–H and O–H groups in total. The van der Waals surface area contributed by atoms with Crippen molar-refractivity contribution in [2.75, 3.05) is 11.4 Å². The van der Waals surface area contributed by atoms with E-state index in [4.69, 9.17) is 16.1 Å². The van der Waals surface area contributed by atoms with Gasteiger partial charge >= 0.3 is 0 Å². The molecule has 1 saturated heterocycles. The topological polar surface area (TPSA) is 59.2 Å².